The van der Waals surface area contributed by atoms with Gasteiger partial charge in [0.05, 0.1) is 10.6 Å². The third-order valence-electron chi connectivity index (χ3n) is 4.38. The van der Waals surface area contributed by atoms with Crippen LogP contribution in [0, 0.1) is 0 Å². The van der Waals surface area contributed by atoms with Crippen LogP contribution in [0.15, 0.2) is 41.3 Å². The fraction of sp³-hybridized carbons (Fsp3) is 0.571. The first kappa shape index (κ1) is 24.3. The molecule has 0 atom stereocenters. The van der Waals surface area contributed by atoms with E-state index < -0.39 is 15.9 Å². The van der Waals surface area contributed by atoms with Crippen molar-refractivity contribution >= 4 is 21.4 Å². The Kier molecular flexibility index (Phi) is 11.6. The summed E-state index contributed by atoms with van der Waals surface area (Å²) in [5, 5.41) is 2.79. The second-order valence-corrected chi connectivity index (χ2v) is 9.01. The number of unbranched alkanes of at least 4 members (excludes halogenated alkanes) is 7. The minimum atomic E-state index is -3.24. The van der Waals surface area contributed by atoms with Crippen molar-refractivity contribution in [2.45, 2.75) is 76.0 Å². The average molecular weight is 416 g/mol. The number of amides is 1. The Bertz CT molecular complexity index is 712. The van der Waals surface area contributed by atoms with E-state index in [0.717, 1.165) is 51.0 Å². The van der Waals surface area contributed by atoms with Crippen molar-refractivity contribution in [3.8, 4) is 0 Å². The van der Waals surface area contributed by atoms with E-state index >= 15 is 0 Å². The highest BCUT2D eigenvalue weighted by Gasteiger charge is 2.12. The molecule has 0 unspecified atom stereocenters. The zero-order valence-corrected chi connectivity index (χ0v) is 17.4. The second-order valence-electron chi connectivity index (χ2n) is 6.90. The highest BCUT2D eigenvalue weighted by atomic mass is 32.2. The molecule has 4 nitrogen and oxygen atoms in total. The smallest absolute Gasteiger partial charge is 0.266 e. The standard InChI is InChI=1S/C21H31F2NO3S/c1-2-17-28(26,27)19-15-13-18(14-16-19)24-21(25)12-10-8-6-4-3-5-7-9-11-20(22)23/h11,13-16H,2-10,12,17H2,1H3,(H,24,25). The predicted octanol–water partition coefficient (Wildman–Crippen LogP) is 6.10. The molecule has 0 fully saturated rings. The summed E-state index contributed by atoms with van der Waals surface area (Å²) in [6.07, 6.45) is 7.41. The van der Waals surface area contributed by atoms with Crippen LogP contribution in [0.3, 0.4) is 0 Å². The second kappa shape index (κ2) is 13.4. The molecule has 0 bridgehead atoms. The molecule has 0 spiro atoms. The Hall–Kier alpha value is -1.76. The van der Waals surface area contributed by atoms with Gasteiger partial charge in [-0.1, -0.05) is 39.0 Å². The maximum atomic E-state index is 12.0. The van der Waals surface area contributed by atoms with E-state index in [1.165, 1.54) is 12.1 Å². The lowest BCUT2D eigenvalue weighted by Gasteiger charge is -2.07. The van der Waals surface area contributed by atoms with E-state index in [1.807, 2.05) is 6.92 Å². The minimum absolute atomic E-state index is 0.0794. The third kappa shape index (κ3) is 10.5. The maximum absolute atomic E-state index is 12.0. The van der Waals surface area contributed by atoms with Crippen molar-refractivity contribution in [2.24, 2.45) is 0 Å². The Balaban J connectivity index is 2.16. The molecule has 0 saturated carbocycles. The summed E-state index contributed by atoms with van der Waals surface area (Å²) in [7, 11) is -3.24. The number of benzene rings is 1. The van der Waals surface area contributed by atoms with Gasteiger partial charge < -0.3 is 5.32 Å². The van der Waals surface area contributed by atoms with Gasteiger partial charge >= 0.3 is 0 Å². The average Bonchev–Trinajstić information content (AvgIpc) is 2.63. The van der Waals surface area contributed by atoms with Gasteiger partial charge in [0.2, 0.25) is 5.91 Å². The molecule has 1 rings (SSSR count). The minimum Gasteiger partial charge on any atom is -0.326 e. The van der Waals surface area contributed by atoms with E-state index in [4.69, 9.17) is 0 Å². The summed E-state index contributed by atoms with van der Waals surface area (Å²) in [5.74, 6) is 0.0375. The van der Waals surface area contributed by atoms with Gasteiger partial charge in [-0.3, -0.25) is 4.79 Å². The van der Waals surface area contributed by atoms with Crippen LogP contribution >= 0.6 is 0 Å². The number of allylic oxidation sites excluding steroid dienone is 1. The number of hydrogen-bond acceptors (Lipinski definition) is 3. The number of carbonyl (C=O) groups excluding carboxylic acids is 1. The number of rotatable bonds is 14. The van der Waals surface area contributed by atoms with Crippen molar-refractivity contribution in [1.29, 1.82) is 0 Å². The summed E-state index contributed by atoms with van der Waals surface area (Å²) < 4.78 is 47.6. The summed E-state index contributed by atoms with van der Waals surface area (Å²) in [6, 6.07) is 6.28. The lowest BCUT2D eigenvalue weighted by molar-refractivity contribution is -0.116. The molecule has 1 aromatic rings. The molecule has 0 aliphatic heterocycles. The zero-order chi connectivity index (χ0) is 20.8. The van der Waals surface area contributed by atoms with Crippen molar-refractivity contribution in [3.05, 3.63) is 36.4 Å². The summed E-state index contributed by atoms with van der Waals surface area (Å²) >= 11 is 0. The molecule has 1 N–H and O–H groups in total. The molecule has 0 radical (unpaired) electrons. The summed E-state index contributed by atoms with van der Waals surface area (Å²) in [4.78, 5) is 12.2. The largest absolute Gasteiger partial charge is 0.326 e. The summed E-state index contributed by atoms with van der Waals surface area (Å²) in [5.41, 5.74) is 0.596. The first-order chi connectivity index (χ1) is 13.3. The van der Waals surface area contributed by atoms with Crippen LogP contribution in [0.1, 0.15) is 71.1 Å². The monoisotopic (exact) mass is 415 g/mol. The van der Waals surface area contributed by atoms with Crippen LogP contribution in [0.5, 0.6) is 0 Å². The summed E-state index contributed by atoms with van der Waals surface area (Å²) in [6.45, 7) is 1.82. The normalized spacial score (nSPS) is 11.2. The van der Waals surface area contributed by atoms with Crippen LogP contribution in [0.2, 0.25) is 0 Å². The fourth-order valence-electron chi connectivity index (χ4n) is 2.88. The Morgan fingerprint density at radius 2 is 1.54 bits per heavy atom. The number of anilines is 1. The van der Waals surface area contributed by atoms with Gasteiger partial charge in [-0.15, -0.1) is 0 Å². The SMILES string of the molecule is CCCS(=O)(=O)c1ccc(NC(=O)CCCCCCCCCC=C(F)F)cc1. The van der Waals surface area contributed by atoms with Gasteiger partial charge in [0, 0.05) is 12.1 Å². The molecule has 0 heterocycles. The first-order valence-electron chi connectivity index (χ1n) is 9.99. The topological polar surface area (TPSA) is 63.2 Å². The van der Waals surface area contributed by atoms with E-state index in [1.54, 1.807) is 12.1 Å². The molecular formula is C21H31F2NO3S. The Labute approximate surface area is 167 Å². The van der Waals surface area contributed by atoms with Crippen molar-refractivity contribution < 1.29 is 22.0 Å². The van der Waals surface area contributed by atoms with Gasteiger partial charge in [-0.25, -0.2) is 8.42 Å². The molecule has 28 heavy (non-hydrogen) atoms. The van der Waals surface area contributed by atoms with Crippen LogP contribution in [-0.2, 0) is 14.6 Å². The van der Waals surface area contributed by atoms with E-state index in [2.05, 4.69) is 5.32 Å². The van der Waals surface area contributed by atoms with Crippen molar-refractivity contribution in [3.63, 3.8) is 0 Å². The molecule has 7 heteroatoms. The lowest BCUT2D eigenvalue weighted by atomic mass is 10.1. The van der Waals surface area contributed by atoms with Gasteiger partial charge in [-0.2, -0.15) is 8.78 Å². The highest BCUT2D eigenvalue weighted by Crippen LogP contribution is 2.17. The molecule has 0 saturated heterocycles. The van der Waals surface area contributed by atoms with Crippen molar-refractivity contribution in [1.82, 2.24) is 0 Å². The molecular weight excluding hydrogens is 384 g/mol. The van der Waals surface area contributed by atoms with Crippen LogP contribution < -0.4 is 5.32 Å². The number of nitrogens with one attached hydrogen (secondary N) is 1. The number of carbonyl (C=O) groups is 1. The predicted molar refractivity (Wildman–Crippen MR) is 109 cm³/mol. The highest BCUT2D eigenvalue weighted by molar-refractivity contribution is 7.91. The van der Waals surface area contributed by atoms with Gasteiger partial charge in [-0.05, 0) is 56.0 Å². The Morgan fingerprint density at radius 3 is 2.11 bits per heavy atom. The third-order valence-corrected chi connectivity index (χ3v) is 6.31. The van der Waals surface area contributed by atoms with E-state index in [-0.39, 0.29) is 16.6 Å². The van der Waals surface area contributed by atoms with E-state index in [9.17, 15) is 22.0 Å². The van der Waals surface area contributed by atoms with Crippen LogP contribution in [0.25, 0.3) is 0 Å². The molecule has 1 amide bonds. The van der Waals surface area contributed by atoms with Gasteiger partial charge in [0.25, 0.3) is 6.08 Å². The molecule has 0 aliphatic rings. The van der Waals surface area contributed by atoms with E-state index in [0.29, 0.717) is 24.9 Å². The quantitative estimate of drug-likeness (QED) is 0.373. The number of halogens is 2. The van der Waals surface area contributed by atoms with Gasteiger partial charge in [0.15, 0.2) is 9.84 Å². The Morgan fingerprint density at radius 1 is 0.964 bits per heavy atom. The molecule has 0 aromatic heterocycles. The van der Waals surface area contributed by atoms with Gasteiger partial charge in [0.1, 0.15) is 0 Å². The number of hydrogen-bond donors (Lipinski definition) is 1. The first-order valence-corrected chi connectivity index (χ1v) is 11.6. The zero-order valence-electron chi connectivity index (χ0n) is 16.6. The lowest BCUT2D eigenvalue weighted by Crippen LogP contribution is -2.11. The van der Waals surface area contributed by atoms with Crippen LogP contribution in [0.4, 0.5) is 14.5 Å². The fourth-order valence-corrected chi connectivity index (χ4v) is 4.20. The molecule has 158 valence electrons. The van der Waals surface area contributed by atoms with Crippen LogP contribution in [-0.4, -0.2) is 20.1 Å². The van der Waals surface area contributed by atoms with Crippen molar-refractivity contribution in [2.75, 3.05) is 11.1 Å². The molecule has 1 aromatic carbocycles. The maximum Gasteiger partial charge on any atom is 0.266 e. The molecule has 0 aliphatic carbocycles. The number of sulfone groups is 1.